The van der Waals surface area contributed by atoms with E-state index < -0.39 is 10.0 Å². The number of hydrogen-bond acceptors (Lipinski definition) is 2. The molecule has 0 radical (unpaired) electrons. The van der Waals surface area contributed by atoms with Gasteiger partial charge in [-0.25, -0.2) is 13.1 Å². The Morgan fingerprint density at radius 3 is 2.40 bits per heavy atom. The molecule has 0 aliphatic heterocycles. The Hall–Kier alpha value is -0.100. The molecule has 0 spiro atoms. The molecule has 1 N–H and O–H groups in total. The van der Waals surface area contributed by atoms with Crippen molar-refractivity contribution in [1.82, 2.24) is 4.72 Å². The summed E-state index contributed by atoms with van der Waals surface area (Å²) in [5.74, 6) is 0. The van der Waals surface area contributed by atoms with Crippen LogP contribution >= 0.6 is 27.5 Å². The fourth-order valence-corrected chi connectivity index (χ4v) is 2.45. The van der Waals surface area contributed by atoms with E-state index in [1.165, 1.54) is 12.1 Å². The minimum atomic E-state index is -3.38. The summed E-state index contributed by atoms with van der Waals surface area (Å²) in [5.41, 5.74) is 0. The first-order valence-electron chi connectivity index (χ1n) is 4.37. The van der Waals surface area contributed by atoms with Crippen LogP contribution in [0, 0.1) is 0 Å². The zero-order valence-electron chi connectivity index (χ0n) is 7.91. The zero-order valence-corrected chi connectivity index (χ0v) is 11.1. The monoisotopic (exact) mass is 311 g/mol. The van der Waals surface area contributed by atoms with Crippen molar-refractivity contribution in [2.24, 2.45) is 0 Å². The lowest BCUT2D eigenvalue weighted by Gasteiger charge is -2.05. The van der Waals surface area contributed by atoms with Crippen molar-refractivity contribution in [1.29, 1.82) is 0 Å². The lowest BCUT2D eigenvalue weighted by atomic mass is 10.4. The molecule has 0 amide bonds. The van der Waals surface area contributed by atoms with Gasteiger partial charge in [-0.15, -0.1) is 0 Å². The van der Waals surface area contributed by atoms with E-state index in [1.54, 1.807) is 12.1 Å². The van der Waals surface area contributed by atoms with E-state index in [0.717, 1.165) is 11.8 Å². The Balaban J connectivity index is 2.73. The average molecular weight is 313 g/mol. The summed E-state index contributed by atoms with van der Waals surface area (Å²) in [6.07, 6.45) is 0.757. The molecule has 0 heterocycles. The van der Waals surface area contributed by atoms with Crippen molar-refractivity contribution in [3.63, 3.8) is 0 Å². The van der Waals surface area contributed by atoms with Crippen molar-refractivity contribution in [3.05, 3.63) is 29.3 Å². The van der Waals surface area contributed by atoms with Crippen LogP contribution in [0.25, 0.3) is 0 Å². The van der Waals surface area contributed by atoms with Crippen LogP contribution < -0.4 is 4.72 Å². The van der Waals surface area contributed by atoms with E-state index in [1.807, 2.05) is 0 Å². The molecule has 6 heteroatoms. The lowest BCUT2D eigenvalue weighted by Crippen LogP contribution is -2.24. The van der Waals surface area contributed by atoms with Crippen LogP contribution in [0.1, 0.15) is 6.42 Å². The van der Waals surface area contributed by atoms with E-state index >= 15 is 0 Å². The van der Waals surface area contributed by atoms with Crippen molar-refractivity contribution >= 4 is 37.6 Å². The van der Waals surface area contributed by atoms with Crippen molar-refractivity contribution in [2.45, 2.75) is 11.3 Å². The molecule has 0 bridgehead atoms. The van der Waals surface area contributed by atoms with Crippen LogP contribution in [0.2, 0.25) is 5.02 Å². The number of alkyl halides is 1. The average Bonchev–Trinajstić information content (AvgIpc) is 2.18. The highest BCUT2D eigenvalue weighted by Gasteiger charge is 2.12. The van der Waals surface area contributed by atoms with E-state index in [4.69, 9.17) is 11.6 Å². The SMILES string of the molecule is O=S(=O)(NCCCBr)c1ccc(Cl)cc1. The maximum absolute atomic E-state index is 11.6. The maximum Gasteiger partial charge on any atom is 0.240 e. The van der Waals surface area contributed by atoms with E-state index in [-0.39, 0.29) is 4.90 Å². The minimum absolute atomic E-state index is 0.237. The fraction of sp³-hybridized carbons (Fsp3) is 0.333. The molecule has 0 atom stereocenters. The van der Waals surface area contributed by atoms with Gasteiger partial charge in [0.1, 0.15) is 0 Å². The zero-order chi connectivity index (χ0) is 11.3. The summed E-state index contributed by atoms with van der Waals surface area (Å²) in [6.45, 7) is 0.427. The van der Waals surface area contributed by atoms with Gasteiger partial charge >= 0.3 is 0 Å². The van der Waals surface area contributed by atoms with Crippen LogP contribution in [0.4, 0.5) is 0 Å². The summed E-state index contributed by atoms with van der Waals surface area (Å²) >= 11 is 8.90. The number of halogens is 2. The van der Waals surface area contributed by atoms with Gasteiger partial charge in [0.25, 0.3) is 0 Å². The second kappa shape index (κ2) is 5.84. The Labute approximate surface area is 103 Å². The van der Waals surface area contributed by atoms with Gasteiger partial charge in [-0.1, -0.05) is 27.5 Å². The van der Waals surface area contributed by atoms with Gasteiger partial charge in [0.2, 0.25) is 10.0 Å². The van der Waals surface area contributed by atoms with Gasteiger partial charge in [0.05, 0.1) is 4.90 Å². The third-order valence-electron chi connectivity index (χ3n) is 1.73. The van der Waals surface area contributed by atoms with Crippen molar-refractivity contribution in [2.75, 3.05) is 11.9 Å². The molecular weight excluding hydrogens is 302 g/mol. The number of nitrogens with one attached hydrogen (secondary N) is 1. The predicted molar refractivity (Wildman–Crippen MR) is 65.1 cm³/mol. The van der Waals surface area contributed by atoms with Gasteiger partial charge in [0.15, 0.2) is 0 Å². The quantitative estimate of drug-likeness (QED) is 0.670. The highest BCUT2D eigenvalue weighted by Crippen LogP contribution is 2.13. The second-order valence-corrected chi connectivity index (χ2v) is 5.89. The molecule has 0 saturated carbocycles. The number of rotatable bonds is 5. The molecule has 0 saturated heterocycles. The normalized spacial score (nSPS) is 11.6. The summed E-state index contributed by atoms with van der Waals surface area (Å²) < 4.78 is 25.8. The predicted octanol–water partition coefficient (Wildman–Crippen LogP) is 2.40. The molecule has 0 unspecified atom stereocenters. The molecular formula is C9H11BrClNO2S. The van der Waals surface area contributed by atoms with Crippen molar-refractivity contribution < 1.29 is 8.42 Å². The van der Waals surface area contributed by atoms with E-state index in [0.29, 0.717) is 11.6 Å². The molecule has 15 heavy (non-hydrogen) atoms. The molecule has 1 aromatic rings. The van der Waals surface area contributed by atoms with Gasteiger partial charge in [-0.3, -0.25) is 0 Å². The molecule has 0 aliphatic rings. The van der Waals surface area contributed by atoms with Gasteiger partial charge in [0, 0.05) is 16.9 Å². The molecule has 1 rings (SSSR count). The third-order valence-corrected chi connectivity index (χ3v) is 4.02. The van der Waals surface area contributed by atoms with E-state index in [9.17, 15) is 8.42 Å². The fourth-order valence-electron chi connectivity index (χ4n) is 0.970. The Morgan fingerprint density at radius 1 is 1.27 bits per heavy atom. The largest absolute Gasteiger partial charge is 0.240 e. The Bertz CT molecular complexity index is 405. The van der Waals surface area contributed by atoms with Crippen molar-refractivity contribution in [3.8, 4) is 0 Å². The van der Waals surface area contributed by atoms with Crippen LogP contribution in [-0.2, 0) is 10.0 Å². The molecule has 0 aromatic heterocycles. The Kier molecular flexibility index (Phi) is 5.05. The Morgan fingerprint density at radius 2 is 1.87 bits per heavy atom. The highest BCUT2D eigenvalue weighted by molar-refractivity contribution is 9.09. The first kappa shape index (κ1) is 13.0. The molecule has 84 valence electrons. The number of sulfonamides is 1. The second-order valence-electron chi connectivity index (χ2n) is 2.89. The summed E-state index contributed by atoms with van der Waals surface area (Å²) in [6, 6.07) is 6.08. The smallest absolute Gasteiger partial charge is 0.211 e. The molecule has 1 aromatic carbocycles. The first-order chi connectivity index (χ1) is 7.06. The van der Waals surface area contributed by atoms with E-state index in [2.05, 4.69) is 20.7 Å². The maximum atomic E-state index is 11.6. The van der Waals surface area contributed by atoms with Crippen LogP contribution in [-0.4, -0.2) is 20.3 Å². The highest BCUT2D eigenvalue weighted by atomic mass is 79.9. The van der Waals surface area contributed by atoms with Crippen LogP contribution in [0.3, 0.4) is 0 Å². The molecule has 0 fully saturated rings. The van der Waals surface area contributed by atoms with Gasteiger partial charge < -0.3 is 0 Å². The summed E-state index contributed by atoms with van der Waals surface area (Å²) in [4.78, 5) is 0.237. The standard InChI is InChI=1S/C9H11BrClNO2S/c10-6-1-7-12-15(13,14)9-4-2-8(11)3-5-9/h2-5,12H,1,6-7H2. The lowest BCUT2D eigenvalue weighted by molar-refractivity contribution is 0.581. The summed E-state index contributed by atoms with van der Waals surface area (Å²) in [5, 5.41) is 1.30. The minimum Gasteiger partial charge on any atom is -0.211 e. The van der Waals surface area contributed by atoms with Crippen LogP contribution in [0.5, 0.6) is 0 Å². The molecule has 3 nitrogen and oxygen atoms in total. The van der Waals surface area contributed by atoms with Gasteiger partial charge in [-0.05, 0) is 30.7 Å². The number of hydrogen-bond donors (Lipinski definition) is 1. The van der Waals surface area contributed by atoms with Crippen LogP contribution in [0.15, 0.2) is 29.2 Å². The first-order valence-corrected chi connectivity index (χ1v) is 7.36. The summed E-state index contributed by atoms with van der Waals surface area (Å²) in [7, 11) is -3.38. The molecule has 0 aliphatic carbocycles. The third kappa shape index (κ3) is 4.10. The number of benzene rings is 1. The van der Waals surface area contributed by atoms with Gasteiger partial charge in [-0.2, -0.15) is 0 Å². The topological polar surface area (TPSA) is 46.2 Å².